The predicted octanol–water partition coefficient (Wildman–Crippen LogP) is 2.98. The Labute approximate surface area is 95.5 Å². The first-order valence-electron chi connectivity index (χ1n) is 5.67. The lowest BCUT2D eigenvalue weighted by molar-refractivity contribution is -0.139. The Balaban J connectivity index is 4.31. The first-order chi connectivity index (χ1) is 7.31. The van der Waals surface area contributed by atoms with Crippen LogP contribution in [0.25, 0.3) is 0 Å². The van der Waals surface area contributed by atoms with Crippen LogP contribution in [0, 0.1) is 5.92 Å². The largest absolute Gasteiger partial charge is 0.389 e. The van der Waals surface area contributed by atoms with Gasteiger partial charge in [-0.05, 0) is 26.3 Å². The van der Waals surface area contributed by atoms with Crippen LogP contribution in [0.15, 0.2) is 0 Å². The minimum absolute atomic E-state index is 0.0584. The fourth-order valence-electron chi connectivity index (χ4n) is 1.76. The summed E-state index contributed by atoms with van der Waals surface area (Å²) >= 11 is 0. The molecule has 0 aliphatic heterocycles. The number of nitrogens with one attached hydrogen (secondary N) is 1. The van der Waals surface area contributed by atoms with Gasteiger partial charge in [-0.3, -0.25) is 0 Å². The van der Waals surface area contributed by atoms with Crippen molar-refractivity contribution in [3.05, 3.63) is 0 Å². The van der Waals surface area contributed by atoms with E-state index in [4.69, 9.17) is 4.74 Å². The van der Waals surface area contributed by atoms with Gasteiger partial charge in [-0.2, -0.15) is 13.2 Å². The van der Waals surface area contributed by atoms with E-state index in [1.54, 1.807) is 7.05 Å². The fourth-order valence-corrected chi connectivity index (χ4v) is 1.76. The van der Waals surface area contributed by atoms with Crippen LogP contribution in [0.1, 0.15) is 33.6 Å². The molecule has 0 heterocycles. The molecule has 1 N–H and O–H groups in total. The van der Waals surface area contributed by atoms with E-state index in [-0.39, 0.29) is 24.5 Å². The van der Waals surface area contributed by atoms with Crippen molar-refractivity contribution in [3.8, 4) is 0 Å². The molecule has 0 aromatic rings. The van der Waals surface area contributed by atoms with Gasteiger partial charge in [-0.25, -0.2) is 0 Å². The molecule has 0 aromatic carbocycles. The van der Waals surface area contributed by atoms with Gasteiger partial charge < -0.3 is 10.1 Å². The van der Waals surface area contributed by atoms with Crippen LogP contribution in [0.5, 0.6) is 0 Å². The molecule has 0 radical (unpaired) electrons. The molecule has 0 aromatic heterocycles. The van der Waals surface area contributed by atoms with Gasteiger partial charge >= 0.3 is 6.18 Å². The van der Waals surface area contributed by atoms with Crippen LogP contribution in [-0.4, -0.2) is 32.0 Å². The lowest BCUT2D eigenvalue weighted by Gasteiger charge is -2.30. The molecular formula is C11H22F3NO. The summed E-state index contributed by atoms with van der Waals surface area (Å²) in [5.74, 6) is 0.200. The number of alkyl halides is 3. The van der Waals surface area contributed by atoms with E-state index in [1.807, 2.05) is 20.8 Å². The molecule has 0 spiro atoms. The zero-order valence-electron chi connectivity index (χ0n) is 10.4. The smallest absolute Gasteiger partial charge is 0.377 e. The summed E-state index contributed by atoms with van der Waals surface area (Å²) < 4.78 is 41.9. The van der Waals surface area contributed by atoms with Gasteiger partial charge in [0.05, 0.1) is 6.10 Å². The second kappa shape index (κ2) is 7.12. The van der Waals surface area contributed by atoms with E-state index < -0.39 is 12.6 Å². The first-order valence-corrected chi connectivity index (χ1v) is 5.67. The maximum atomic E-state index is 12.1. The van der Waals surface area contributed by atoms with Crippen LogP contribution in [0.4, 0.5) is 13.2 Å². The second-order valence-electron chi connectivity index (χ2n) is 4.21. The molecule has 2 unspecified atom stereocenters. The third-order valence-electron chi connectivity index (χ3n) is 2.52. The zero-order chi connectivity index (χ0) is 12.8. The monoisotopic (exact) mass is 241 g/mol. The average Bonchev–Trinajstić information content (AvgIpc) is 2.15. The second-order valence-corrected chi connectivity index (χ2v) is 4.21. The molecule has 0 aliphatic carbocycles. The van der Waals surface area contributed by atoms with Gasteiger partial charge in [0.25, 0.3) is 0 Å². The molecule has 0 aliphatic rings. The Morgan fingerprint density at radius 2 is 1.81 bits per heavy atom. The Morgan fingerprint density at radius 1 is 1.25 bits per heavy atom. The summed E-state index contributed by atoms with van der Waals surface area (Å²) in [4.78, 5) is 0. The normalized spacial score (nSPS) is 16.5. The van der Waals surface area contributed by atoms with E-state index in [9.17, 15) is 13.2 Å². The molecule has 0 amide bonds. The molecule has 0 bridgehead atoms. The zero-order valence-corrected chi connectivity index (χ0v) is 10.4. The third kappa shape index (κ3) is 6.33. The van der Waals surface area contributed by atoms with Crippen molar-refractivity contribution in [1.29, 1.82) is 0 Å². The number of hydrogen-bond donors (Lipinski definition) is 1. The van der Waals surface area contributed by atoms with Crippen molar-refractivity contribution in [2.75, 3.05) is 13.7 Å². The van der Waals surface area contributed by atoms with Gasteiger partial charge in [0.15, 0.2) is 0 Å². The minimum atomic E-state index is -4.09. The summed E-state index contributed by atoms with van der Waals surface area (Å²) in [5, 5.41) is 2.92. The number of halogens is 3. The Hall–Kier alpha value is -0.290. The van der Waals surface area contributed by atoms with Crippen LogP contribution in [0.2, 0.25) is 0 Å². The summed E-state index contributed by atoms with van der Waals surface area (Å²) in [6, 6.07) is -0.249. The van der Waals surface area contributed by atoms with Crippen LogP contribution in [0.3, 0.4) is 0 Å². The lowest BCUT2D eigenvalue weighted by atomic mass is 9.96. The number of ether oxygens (including phenoxy) is 1. The fraction of sp³-hybridized carbons (Fsp3) is 1.00. The summed E-state index contributed by atoms with van der Waals surface area (Å²) in [6.07, 6.45) is -4.97. The highest BCUT2D eigenvalue weighted by molar-refractivity contribution is 4.79. The Bertz CT molecular complexity index is 183. The molecule has 0 saturated heterocycles. The molecule has 2 atom stereocenters. The maximum Gasteiger partial charge on any atom is 0.389 e. The molecule has 0 saturated carbocycles. The molecular weight excluding hydrogens is 219 g/mol. The lowest BCUT2D eigenvalue weighted by Crippen LogP contribution is -2.43. The third-order valence-corrected chi connectivity index (χ3v) is 2.52. The quantitative estimate of drug-likeness (QED) is 0.740. The number of hydrogen-bond acceptors (Lipinski definition) is 2. The van der Waals surface area contributed by atoms with Gasteiger partial charge in [-0.1, -0.05) is 13.8 Å². The standard InChI is InChI=1S/C11H22F3NO/c1-5-16-10(8(2)3)9(15-4)6-7-11(12,13)14/h8-10,15H,5-7H2,1-4H3. The Kier molecular flexibility index (Phi) is 6.99. The summed E-state index contributed by atoms with van der Waals surface area (Å²) in [6.45, 7) is 6.29. The molecule has 0 fully saturated rings. The predicted molar refractivity (Wildman–Crippen MR) is 58.4 cm³/mol. The van der Waals surface area contributed by atoms with Crippen molar-refractivity contribution in [2.24, 2.45) is 5.92 Å². The van der Waals surface area contributed by atoms with Gasteiger partial charge in [0.1, 0.15) is 0 Å². The molecule has 0 rings (SSSR count). The van der Waals surface area contributed by atoms with Gasteiger partial charge in [0.2, 0.25) is 0 Å². The van der Waals surface area contributed by atoms with Crippen LogP contribution in [-0.2, 0) is 4.74 Å². The Morgan fingerprint density at radius 3 is 2.12 bits per heavy atom. The number of likely N-dealkylation sites (N-methyl/N-ethyl adjacent to an activating group) is 1. The van der Waals surface area contributed by atoms with E-state index in [0.717, 1.165) is 0 Å². The van der Waals surface area contributed by atoms with Crippen LogP contribution >= 0.6 is 0 Å². The molecule has 98 valence electrons. The highest BCUT2D eigenvalue weighted by Gasteiger charge is 2.31. The number of rotatable bonds is 7. The van der Waals surface area contributed by atoms with E-state index in [1.165, 1.54) is 0 Å². The maximum absolute atomic E-state index is 12.1. The van der Waals surface area contributed by atoms with Crippen molar-refractivity contribution in [1.82, 2.24) is 5.32 Å². The van der Waals surface area contributed by atoms with Crippen molar-refractivity contribution >= 4 is 0 Å². The molecule has 2 nitrogen and oxygen atoms in total. The van der Waals surface area contributed by atoms with Crippen molar-refractivity contribution in [2.45, 2.75) is 51.9 Å². The summed E-state index contributed by atoms with van der Waals surface area (Å²) in [7, 11) is 1.68. The highest BCUT2D eigenvalue weighted by Crippen LogP contribution is 2.24. The van der Waals surface area contributed by atoms with Gasteiger partial charge in [0, 0.05) is 19.1 Å². The average molecular weight is 241 g/mol. The van der Waals surface area contributed by atoms with Crippen molar-refractivity contribution in [3.63, 3.8) is 0 Å². The topological polar surface area (TPSA) is 21.3 Å². The minimum Gasteiger partial charge on any atom is -0.377 e. The molecule has 16 heavy (non-hydrogen) atoms. The molecule has 5 heteroatoms. The van der Waals surface area contributed by atoms with E-state index in [0.29, 0.717) is 6.61 Å². The highest BCUT2D eigenvalue weighted by atomic mass is 19.4. The summed E-state index contributed by atoms with van der Waals surface area (Å²) in [5.41, 5.74) is 0. The SMILES string of the molecule is CCOC(C(C)C)C(CCC(F)(F)F)NC. The van der Waals surface area contributed by atoms with E-state index >= 15 is 0 Å². The van der Waals surface area contributed by atoms with E-state index in [2.05, 4.69) is 5.32 Å². The van der Waals surface area contributed by atoms with Gasteiger partial charge in [-0.15, -0.1) is 0 Å². The first kappa shape index (κ1) is 15.7. The van der Waals surface area contributed by atoms with Crippen molar-refractivity contribution < 1.29 is 17.9 Å². The van der Waals surface area contributed by atoms with Crippen LogP contribution < -0.4 is 5.32 Å².